The van der Waals surface area contributed by atoms with Crippen LogP contribution in [0.4, 0.5) is 17.5 Å². The third-order valence-electron chi connectivity index (χ3n) is 4.58. The van der Waals surface area contributed by atoms with E-state index in [1.165, 1.54) is 0 Å². The second-order valence-electron chi connectivity index (χ2n) is 6.58. The maximum Gasteiger partial charge on any atom is 0.247 e. The Morgan fingerprint density at radius 1 is 1.12 bits per heavy atom. The second kappa shape index (κ2) is 6.68. The number of nitrogens with zero attached hydrogens (tertiary/aromatic N) is 4. The molecule has 1 fully saturated rings. The van der Waals surface area contributed by atoms with Gasteiger partial charge in [-0.3, -0.25) is 4.98 Å². The molecule has 0 radical (unpaired) electrons. The Balaban J connectivity index is 1.54. The van der Waals surface area contributed by atoms with Crippen LogP contribution in [0.5, 0.6) is 0 Å². The maximum atomic E-state index is 9.66. The predicted molar refractivity (Wildman–Crippen MR) is 97.1 cm³/mol. The Bertz CT molecular complexity index is 852. The van der Waals surface area contributed by atoms with E-state index in [0.717, 1.165) is 48.5 Å². The van der Waals surface area contributed by atoms with Gasteiger partial charge in [0.1, 0.15) is 5.82 Å². The minimum Gasteiger partial charge on any atom is -0.393 e. The number of hydrogen-bond donors (Lipinski definition) is 3. The molecule has 0 spiro atoms. The normalized spacial score (nSPS) is 20.6. The van der Waals surface area contributed by atoms with Crippen LogP contribution in [0.2, 0.25) is 0 Å². The Morgan fingerprint density at radius 2 is 1.96 bits per heavy atom. The highest BCUT2D eigenvalue weighted by Gasteiger charge is 2.20. The summed E-state index contributed by atoms with van der Waals surface area (Å²) in [5.41, 5.74) is 2.61. The smallest absolute Gasteiger partial charge is 0.247 e. The zero-order valence-electron chi connectivity index (χ0n) is 14.2. The fourth-order valence-electron chi connectivity index (χ4n) is 3.17. The lowest BCUT2D eigenvalue weighted by Gasteiger charge is -2.26. The van der Waals surface area contributed by atoms with Crippen LogP contribution < -0.4 is 10.6 Å². The molecular weight excluding hydrogens is 316 g/mol. The number of aliphatic hydroxyl groups excluding tert-OH is 1. The zero-order valence-corrected chi connectivity index (χ0v) is 14.2. The zero-order chi connectivity index (χ0) is 17.2. The molecule has 130 valence electrons. The number of hydrogen-bond acceptors (Lipinski definition) is 6. The lowest BCUT2D eigenvalue weighted by molar-refractivity contribution is 0.126. The van der Waals surface area contributed by atoms with Gasteiger partial charge in [-0.2, -0.15) is 9.50 Å². The molecule has 0 amide bonds. The lowest BCUT2D eigenvalue weighted by Crippen LogP contribution is -2.29. The molecule has 0 atom stereocenters. The van der Waals surface area contributed by atoms with E-state index < -0.39 is 0 Å². The predicted octanol–water partition coefficient (Wildman–Crippen LogP) is 2.89. The summed E-state index contributed by atoms with van der Waals surface area (Å²) in [5, 5.41) is 21.0. The molecule has 0 unspecified atom stereocenters. The van der Waals surface area contributed by atoms with Gasteiger partial charge in [0, 0.05) is 11.7 Å². The number of rotatable bonds is 4. The first-order valence-corrected chi connectivity index (χ1v) is 8.67. The summed E-state index contributed by atoms with van der Waals surface area (Å²) in [4.78, 5) is 8.80. The van der Waals surface area contributed by atoms with Crippen molar-refractivity contribution in [1.82, 2.24) is 19.6 Å². The number of pyridine rings is 2. The van der Waals surface area contributed by atoms with Crippen molar-refractivity contribution in [2.24, 2.45) is 0 Å². The van der Waals surface area contributed by atoms with Gasteiger partial charge in [-0.1, -0.05) is 6.07 Å². The van der Waals surface area contributed by atoms with E-state index in [-0.39, 0.29) is 6.10 Å². The third-order valence-corrected chi connectivity index (χ3v) is 4.58. The number of anilines is 3. The Kier molecular flexibility index (Phi) is 4.23. The first-order valence-electron chi connectivity index (χ1n) is 8.67. The maximum absolute atomic E-state index is 9.66. The molecule has 3 aromatic rings. The van der Waals surface area contributed by atoms with Crippen molar-refractivity contribution in [2.45, 2.75) is 44.8 Å². The number of aryl methyl sites for hydroxylation is 1. The van der Waals surface area contributed by atoms with Crippen molar-refractivity contribution in [3.8, 4) is 0 Å². The van der Waals surface area contributed by atoms with E-state index >= 15 is 0 Å². The average molecular weight is 338 g/mol. The van der Waals surface area contributed by atoms with Crippen molar-refractivity contribution in [1.29, 1.82) is 0 Å². The van der Waals surface area contributed by atoms with Gasteiger partial charge in [-0.05, 0) is 56.9 Å². The van der Waals surface area contributed by atoms with E-state index in [0.29, 0.717) is 12.0 Å². The van der Waals surface area contributed by atoms with E-state index in [4.69, 9.17) is 0 Å². The Hall–Kier alpha value is -2.67. The highest BCUT2D eigenvalue weighted by molar-refractivity contribution is 5.57. The molecule has 25 heavy (non-hydrogen) atoms. The number of aliphatic hydroxyl groups is 1. The summed E-state index contributed by atoms with van der Waals surface area (Å²) in [6.45, 7) is 1.95. The van der Waals surface area contributed by atoms with Crippen molar-refractivity contribution < 1.29 is 5.11 Å². The molecule has 1 aliphatic rings. The first-order chi connectivity index (χ1) is 12.2. The molecule has 0 bridgehead atoms. The molecule has 3 heterocycles. The van der Waals surface area contributed by atoms with Crippen molar-refractivity contribution in [2.75, 3.05) is 10.6 Å². The highest BCUT2D eigenvalue weighted by Crippen LogP contribution is 2.23. The van der Waals surface area contributed by atoms with Crippen LogP contribution in [0.25, 0.3) is 5.65 Å². The molecule has 1 saturated carbocycles. The molecule has 3 N–H and O–H groups in total. The summed E-state index contributed by atoms with van der Waals surface area (Å²) >= 11 is 0. The molecule has 0 saturated heterocycles. The third kappa shape index (κ3) is 3.56. The molecule has 4 rings (SSSR count). The van der Waals surface area contributed by atoms with Gasteiger partial charge in [-0.15, -0.1) is 5.10 Å². The van der Waals surface area contributed by atoms with Crippen LogP contribution in [0.15, 0.2) is 36.5 Å². The van der Waals surface area contributed by atoms with Crippen molar-refractivity contribution in [3.63, 3.8) is 0 Å². The summed E-state index contributed by atoms with van der Waals surface area (Å²) in [6.07, 6.45) is 5.24. The monoisotopic (exact) mass is 338 g/mol. The largest absolute Gasteiger partial charge is 0.393 e. The van der Waals surface area contributed by atoms with E-state index in [9.17, 15) is 5.11 Å². The Morgan fingerprint density at radius 3 is 2.72 bits per heavy atom. The van der Waals surface area contributed by atoms with Gasteiger partial charge in [0.05, 0.1) is 18.0 Å². The van der Waals surface area contributed by atoms with Gasteiger partial charge < -0.3 is 15.7 Å². The van der Waals surface area contributed by atoms with E-state index in [1.807, 2.05) is 41.8 Å². The highest BCUT2D eigenvalue weighted by atomic mass is 16.3. The number of aromatic nitrogens is 4. The van der Waals surface area contributed by atoms with Crippen LogP contribution in [0.1, 0.15) is 31.4 Å². The molecule has 7 nitrogen and oxygen atoms in total. The topological polar surface area (TPSA) is 87.4 Å². The SMILES string of the molecule is Cc1ccc(Nc2nc3cccc(N[C@H]4CC[C@@H](O)CC4)n3n2)cn1. The van der Waals surface area contributed by atoms with Crippen LogP contribution in [0.3, 0.4) is 0 Å². The van der Waals surface area contributed by atoms with Gasteiger partial charge in [0.15, 0.2) is 5.65 Å². The minimum atomic E-state index is -0.154. The molecule has 1 aliphatic carbocycles. The van der Waals surface area contributed by atoms with E-state index in [2.05, 4.69) is 25.7 Å². The van der Waals surface area contributed by atoms with Gasteiger partial charge in [0.2, 0.25) is 5.95 Å². The summed E-state index contributed by atoms with van der Waals surface area (Å²) in [6, 6.07) is 10.2. The lowest BCUT2D eigenvalue weighted by atomic mass is 9.93. The number of fused-ring (bicyclic) bond motifs is 1. The van der Waals surface area contributed by atoms with Gasteiger partial charge in [-0.25, -0.2) is 0 Å². The summed E-state index contributed by atoms with van der Waals surface area (Å²) in [7, 11) is 0. The second-order valence-corrected chi connectivity index (χ2v) is 6.58. The van der Waals surface area contributed by atoms with Gasteiger partial charge in [0.25, 0.3) is 0 Å². The van der Waals surface area contributed by atoms with Crippen LogP contribution in [0, 0.1) is 6.92 Å². The van der Waals surface area contributed by atoms with Crippen LogP contribution in [-0.2, 0) is 0 Å². The van der Waals surface area contributed by atoms with Crippen LogP contribution in [-0.4, -0.2) is 36.8 Å². The molecular formula is C18H22N6O. The van der Waals surface area contributed by atoms with Crippen molar-refractivity contribution >= 4 is 23.1 Å². The molecule has 3 aromatic heterocycles. The molecule has 7 heteroatoms. The average Bonchev–Trinajstić information content (AvgIpc) is 3.02. The van der Waals surface area contributed by atoms with Gasteiger partial charge >= 0.3 is 0 Å². The molecule has 0 aliphatic heterocycles. The quantitative estimate of drug-likeness (QED) is 0.678. The first kappa shape index (κ1) is 15.8. The Labute approximate surface area is 146 Å². The standard InChI is InChI=1S/C18H22N6O/c1-12-5-6-14(11-19-12)21-18-22-17-4-2-3-16(24(17)23-18)20-13-7-9-15(25)10-8-13/h2-6,11,13,15,20,25H,7-10H2,1H3,(H,21,23)/t13-,15+. The molecule has 0 aromatic carbocycles. The van der Waals surface area contributed by atoms with E-state index in [1.54, 1.807) is 6.20 Å². The minimum absolute atomic E-state index is 0.154. The summed E-state index contributed by atoms with van der Waals surface area (Å²) in [5.74, 6) is 1.46. The summed E-state index contributed by atoms with van der Waals surface area (Å²) < 4.78 is 1.81. The van der Waals surface area contributed by atoms with Crippen molar-refractivity contribution in [3.05, 3.63) is 42.2 Å². The fourth-order valence-corrected chi connectivity index (χ4v) is 3.17. The van der Waals surface area contributed by atoms with Crippen LogP contribution >= 0.6 is 0 Å². The fraction of sp³-hybridized carbons (Fsp3) is 0.389. The number of nitrogens with one attached hydrogen (secondary N) is 2.